The van der Waals surface area contributed by atoms with Crippen molar-refractivity contribution in [1.82, 2.24) is 10.6 Å². The number of nitriles is 1. The van der Waals surface area contributed by atoms with Crippen LogP contribution >= 0.6 is 0 Å². The first kappa shape index (κ1) is 20.1. The van der Waals surface area contributed by atoms with Crippen LogP contribution in [0.25, 0.3) is 0 Å². The zero-order chi connectivity index (χ0) is 19.5. The van der Waals surface area contributed by atoms with E-state index in [1.165, 1.54) is 0 Å². The number of aliphatic imine (C=N–C) groups is 1. The first-order valence-electron chi connectivity index (χ1n) is 8.92. The van der Waals surface area contributed by atoms with E-state index in [1.54, 1.807) is 20.3 Å². The summed E-state index contributed by atoms with van der Waals surface area (Å²) in [5.41, 5.74) is 2.80. The van der Waals surface area contributed by atoms with Crippen LogP contribution in [0, 0.1) is 11.3 Å². The molecular weight excluding hydrogens is 340 g/mol. The summed E-state index contributed by atoms with van der Waals surface area (Å²) in [4.78, 5) is 4.59. The second-order valence-corrected chi connectivity index (χ2v) is 5.87. The maximum Gasteiger partial charge on any atom is 0.191 e. The molecule has 0 unspecified atom stereocenters. The van der Waals surface area contributed by atoms with Gasteiger partial charge in [-0.15, -0.1) is 0 Å². The van der Waals surface area contributed by atoms with Crippen molar-refractivity contribution in [2.24, 2.45) is 4.99 Å². The molecule has 0 aromatic heterocycles. The Morgan fingerprint density at radius 1 is 1.04 bits per heavy atom. The number of methoxy groups -OCH3 is 2. The molecule has 0 radical (unpaired) electrons. The fourth-order valence-electron chi connectivity index (χ4n) is 2.61. The van der Waals surface area contributed by atoms with E-state index in [2.05, 4.69) is 21.7 Å². The molecule has 142 valence electrons. The molecule has 0 bridgehead atoms. The lowest BCUT2D eigenvalue weighted by atomic mass is 10.1. The molecule has 0 fully saturated rings. The molecule has 0 aliphatic carbocycles. The molecule has 6 nitrogen and oxygen atoms in total. The average molecular weight is 366 g/mol. The summed E-state index contributed by atoms with van der Waals surface area (Å²) in [6, 6.07) is 15.6. The van der Waals surface area contributed by atoms with Crippen LogP contribution in [0.5, 0.6) is 11.5 Å². The number of hydrogen-bond donors (Lipinski definition) is 2. The van der Waals surface area contributed by atoms with E-state index in [9.17, 15) is 0 Å². The molecule has 0 spiro atoms. The van der Waals surface area contributed by atoms with Gasteiger partial charge >= 0.3 is 0 Å². The molecule has 0 atom stereocenters. The average Bonchev–Trinajstić information content (AvgIpc) is 2.72. The molecule has 2 rings (SSSR count). The predicted octanol–water partition coefficient (Wildman–Crippen LogP) is 2.87. The summed E-state index contributed by atoms with van der Waals surface area (Å²) < 4.78 is 10.6. The van der Waals surface area contributed by atoms with Crippen LogP contribution in [-0.2, 0) is 13.0 Å². The van der Waals surface area contributed by atoms with Crippen LogP contribution < -0.4 is 20.1 Å². The highest BCUT2D eigenvalue weighted by atomic mass is 16.5. The standard InChI is InChI=1S/C21H26N4O2/c1-4-23-21(25-15-18-7-5-6-17(12-18)14-22)24-11-10-16-8-9-19(26-2)20(13-16)27-3/h5-9,12-13H,4,10-11,15H2,1-3H3,(H2,23,24,25). The highest BCUT2D eigenvalue weighted by Gasteiger charge is 2.05. The van der Waals surface area contributed by atoms with Gasteiger partial charge in [0.25, 0.3) is 0 Å². The lowest BCUT2D eigenvalue weighted by Crippen LogP contribution is -2.38. The van der Waals surface area contributed by atoms with Gasteiger partial charge in [0.05, 0.1) is 32.4 Å². The minimum atomic E-state index is 0.515. The normalized spacial score (nSPS) is 10.8. The minimum Gasteiger partial charge on any atom is -0.493 e. The van der Waals surface area contributed by atoms with Gasteiger partial charge in [-0.25, -0.2) is 4.99 Å². The molecule has 6 heteroatoms. The van der Waals surface area contributed by atoms with E-state index in [4.69, 9.17) is 14.7 Å². The van der Waals surface area contributed by atoms with Gasteiger partial charge in [0.15, 0.2) is 17.5 Å². The van der Waals surface area contributed by atoms with E-state index in [1.807, 2.05) is 43.3 Å². The molecule has 2 aromatic carbocycles. The van der Waals surface area contributed by atoms with Crippen molar-refractivity contribution in [2.45, 2.75) is 19.9 Å². The van der Waals surface area contributed by atoms with Crippen molar-refractivity contribution in [3.05, 3.63) is 59.2 Å². The highest BCUT2D eigenvalue weighted by Crippen LogP contribution is 2.27. The van der Waals surface area contributed by atoms with E-state index in [0.717, 1.165) is 48.1 Å². The Labute approximate surface area is 160 Å². The van der Waals surface area contributed by atoms with Crippen LogP contribution in [0.3, 0.4) is 0 Å². The van der Waals surface area contributed by atoms with Gasteiger partial charge in [0.1, 0.15) is 0 Å². The van der Waals surface area contributed by atoms with Gasteiger partial charge in [-0.05, 0) is 48.7 Å². The van der Waals surface area contributed by atoms with Crippen LogP contribution in [-0.4, -0.2) is 33.3 Å². The lowest BCUT2D eigenvalue weighted by Gasteiger charge is -2.13. The highest BCUT2D eigenvalue weighted by molar-refractivity contribution is 5.79. The van der Waals surface area contributed by atoms with Crippen LogP contribution in [0.4, 0.5) is 0 Å². The summed E-state index contributed by atoms with van der Waals surface area (Å²) in [6.07, 6.45) is 0.828. The number of nitrogens with one attached hydrogen (secondary N) is 2. The molecule has 27 heavy (non-hydrogen) atoms. The third-order valence-electron chi connectivity index (χ3n) is 3.97. The Kier molecular flexibility index (Phi) is 7.98. The zero-order valence-electron chi connectivity index (χ0n) is 16.1. The third kappa shape index (κ3) is 6.23. The van der Waals surface area contributed by atoms with Crippen molar-refractivity contribution < 1.29 is 9.47 Å². The van der Waals surface area contributed by atoms with Gasteiger partial charge in [-0.3, -0.25) is 0 Å². The number of benzene rings is 2. The molecule has 2 aromatic rings. The Morgan fingerprint density at radius 2 is 1.85 bits per heavy atom. The molecule has 0 aliphatic rings. The van der Waals surface area contributed by atoms with E-state index in [-0.39, 0.29) is 0 Å². The Morgan fingerprint density at radius 3 is 2.56 bits per heavy atom. The van der Waals surface area contributed by atoms with Crippen LogP contribution in [0.15, 0.2) is 47.5 Å². The third-order valence-corrected chi connectivity index (χ3v) is 3.97. The first-order chi connectivity index (χ1) is 13.2. The topological polar surface area (TPSA) is 78.7 Å². The molecule has 0 heterocycles. The summed E-state index contributed by atoms with van der Waals surface area (Å²) in [7, 11) is 3.27. The van der Waals surface area contributed by atoms with Gasteiger partial charge in [0, 0.05) is 13.1 Å². The SMILES string of the molecule is CCNC(=NCc1cccc(C#N)c1)NCCc1ccc(OC)c(OC)c1. The predicted molar refractivity (Wildman–Crippen MR) is 107 cm³/mol. The van der Waals surface area contributed by atoms with Gasteiger partial charge < -0.3 is 20.1 Å². The smallest absolute Gasteiger partial charge is 0.191 e. The van der Waals surface area contributed by atoms with Crippen molar-refractivity contribution >= 4 is 5.96 Å². The molecular formula is C21H26N4O2. The van der Waals surface area contributed by atoms with E-state index < -0.39 is 0 Å². The fourth-order valence-corrected chi connectivity index (χ4v) is 2.61. The molecule has 2 N–H and O–H groups in total. The van der Waals surface area contributed by atoms with E-state index >= 15 is 0 Å². The Balaban J connectivity index is 1.95. The zero-order valence-corrected chi connectivity index (χ0v) is 16.1. The molecule has 0 amide bonds. The summed E-state index contributed by atoms with van der Waals surface area (Å²) in [5.74, 6) is 2.21. The Hall–Kier alpha value is -3.20. The number of rotatable bonds is 8. The van der Waals surface area contributed by atoms with Gasteiger partial charge in [-0.1, -0.05) is 18.2 Å². The first-order valence-corrected chi connectivity index (χ1v) is 8.92. The minimum absolute atomic E-state index is 0.515. The number of hydrogen-bond acceptors (Lipinski definition) is 4. The van der Waals surface area contributed by atoms with Crippen molar-refractivity contribution in [2.75, 3.05) is 27.3 Å². The van der Waals surface area contributed by atoms with E-state index in [0.29, 0.717) is 12.1 Å². The number of ether oxygens (including phenoxy) is 2. The van der Waals surface area contributed by atoms with Crippen molar-refractivity contribution in [3.8, 4) is 17.6 Å². The quantitative estimate of drug-likeness (QED) is 0.555. The molecule has 0 saturated heterocycles. The van der Waals surface area contributed by atoms with Crippen molar-refractivity contribution in [1.29, 1.82) is 5.26 Å². The summed E-state index contributed by atoms with van der Waals surface area (Å²) in [6.45, 7) is 4.06. The maximum absolute atomic E-state index is 8.99. The number of nitrogens with zero attached hydrogens (tertiary/aromatic N) is 2. The second-order valence-electron chi connectivity index (χ2n) is 5.87. The van der Waals surface area contributed by atoms with Gasteiger partial charge in [0.2, 0.25) is 0 Å². The van der Waals surface area contributed by atoms with Gasteiger partial charge in [-0.2, -0.15) is 5.26 Å². The summed E-state index contributed by atoms with van der Waals surface area (Å²) in [5, 5.41) is 15.6. The second kappa shape index (κ2) is 10.7. The maximum atomic E-state index is 8.99. The fraction of sp³-hybridized carbons (Fsp3) is 0.333. The largest absolute Gasteiger partial charge is 0.493 e. The molecule has 0 saturated carbocycles. The summed E-state index contributed by atoms with van der Waals surface area (Å²) >= 11 is 0. The molecule has 0 aliphatic heterocycles. The van der Waals surface area contributed by atoms with Crippen LogP contribution in [0.1, 0.15) is 23.6 Å². The van der Waals surface area contributed by atoms with Crippen molar-refractivity contribution in [3.63, 3.8) is 0 Å². The van der Waals surface area contributed by atoms with Crippen LogP contribution in [0.2, 0.25) is 0 Å². The monoisotopic (exact) mass is 366 g/mol. The lowest BCUT2D eigenvalue weighted by molar-refractivity contribution is 0.354. The Bertz CT molecular complexity index is 812. The number of guanidine groups is 1.